The van der Waals surface area contributed by atoms with E-state index in [1.54, 1.807) is 23.2 Å². The van der Waals surface area contributed by atoms with E-state index in [9.17, 15) is 4.79 Å². The van der Waals surface area contributed by atoms with Crippen molar-refractivity contribution in [3.63, 3.8) is 0 Å². The van der Waals surface area contributed by atoms with Gasteiger partial charge in [0.25, 0.3) is 5.91 Å². The second kappa shape index (κ2) is 6.47. The van der Waals surface area contributed by atoms with Gasteiger partial charge in [0.2, 0.25) is 0 Å². The fourth-order valence-corrected chi connectivity index (χ4v) is 3.29. The number of halogens is 1. The van der Waals surface area contributed by atoms with E-state index in [1.165, 1.54) is 11.3 Å². The number of nitrogens with one attached hydrogen (secondary N) is 1. The fourth-order valence-electron chi connectivity index (χ4n) is 2.15. The molecule has 0 spiro atoms. The number of rotatable bonds is 4. The molecule has 0 aliphatic heterocycles. The molecule has 1 aromatic carbocycles. The highest BCUT2D eigenvalue weighted by Gasteiger charge is 2.18. The molecule has 0 fully saturated rings. The fraction of sp³-hybridized carbons (Fsp3) is 0.200. The van der Waals surface area contributed by atoms with Crippen molar-refractivity contribution >= 4 is 28.8 Å². The highest BCUT2D eigenvalue weighted by molar-refractivity contribution is 7.17. The van der Waals surface area contributed by atoms with Crippen LogP contribution >= 0.6 is 22.9 Å². The molecular weight excluding hydrogens is 334 g/mol. The van der Waals surface area contributed by atoms with Crippen molar-refractivity contribution in [1.82, 2.24) is 25.1 Å². The smallest absolute Gasteiger partial charge is 0.263 e. The lowest BCUT2D eigenvalue weighted by atomic mass is 10.2. The van der Waals surface area contributed by atoms with Crippen LogP contribution in [-0.4, -0.2) is 25.7 Å². The quantitative estimate of drug-likeness (QED) is 0.787. The van der Waals surface area contributed by atoms with Gasteiger partial charge in [0.05, 0.1) is 17.3 Å². The number of thiazole rings is 1. The zero-order valence-corrected chi connectivity index (χ0v) is 14.1. The zero-order valence-electron chi connectivity index (χ0n) is 12.5. The molecule has 1 N–H and O–H groups in total. The summed E-state index contributed by atoms with van der Waals surface area (Å²) in [6, 6.07) is 7.17. The first-order valence-electron chi connectivity index (χ1n) is 6.91. The van der Waals surface area contributed by atoms with E-state index in [-0.39, 0.29) is 11.9 Å². The van der Waals surface area contributed by atoms with Crippen LogP contribution in [0.2, 0.25) is 5.02 Å². The normalized spacial score (nSPS) is 12.1. The van der Waals surface area contributed by atoms with Crippen LogP contribution in [0.25, 0.3) is 10.6 Å². The third-order valence-corrected chi connectivity index (χ3v) is 4.67. The van der Waals surface area contributed by atoms with E-state index in [4.69, 9.17) is 11.6 Å². The summed E-state index contributed by atoms with van der Waals surface area (Å²) in [6.07, 6.45) is 3.16. The lowest BCUT2D eigenvalue weighted by Crippen LogP contribution is -2.27. The number of benzene rings is 1. The first kappa shape index (κ1) is 15.6. The molecule has 0 unspecified atom stereocenters. The third-order valence-electron chi connectivity index (χ3n) is 3.32. The van der Waals surface area contributed by atoms with Crippen molar-refractivity contribution in [2.75, 3.05) is 0 Å². The van der Waals surface area contributed by atoms with Crippen LogP contribution < -0.4 is 5.32 Å². The predicted octanol–water partition coefficient (Wildman–Crippen LogP) is 3.08. The van der Waals surface area contributed by atoms with E-state index in [2.05, 4.69) is 20.5 Å². The van der Waals surface area contributed by atoms with Crippen molar-refractivity contribution in [3.05, 3.63) is 52.5 Å². The van der Waals surface area contributed by atoms with Crippen LogP contribution in [0, 0.1) is 0 Å². The maximum atomic E-state index is 12.4. The molecule has 3 aromatic rings. The van der Waals surface area contributed by atoms with Crippen molar-refractivity contribution in [2.45, 2.75) is 13.0 Å². The number of nitrogens with zero attached hydrogens (tertiary/aromatic N) is 4. The number of aromatic nitrogens is 4. The highest BCUT2D eigenvalue weighted by Crippen LogP contribution is 2.31. The number of hydrogen-bond donors (Lipinski definition) is 1. The van der Waals surface area contributed by atoms with Gasteiger partial charge in [-0.05, 0) is 13.0 Å². The molecule has 0 aliphatic carbocycles. The molecule has 0 saturated heterocycles. The van der Waals surface area contributed by atoms with Crippen LogP contribution in [0.3, 0.4) is 0 Å². The highest BCUT2D eigenvalue weighted by atomic mass is 35.5. The Bertz CT molecular complexity index is 844. The van der Waals surface area contributed by atoms with Gasteiger partial charge < -0.3 is 9.88 Å². The third kappa shape index (κ3) is 3.25. The number of carbonyl (C=O) groups excluding carboxylic acids is 1. The summed E-state index contributed by atoms with van der Waals surface area (Å²) in [4.78, 5) is 17.2. The molecule has 0 bridgehead atoms. The topological polar surface area (TPSA) is 72.7 Å². The zero-order chi connectivity index (χ0) is 16.4. The van der Waals surface area contributed by atoms with Gasteiger partial charge >= 0.3 is 0 Å². The number of hydrogen-bond acceptors (Lipinski definition) is 5. The SMILES string of the molecule is C[C@@H](NC(=O)c1cnc(-c2ccccc2Cl)s1)c1nncn1C. The summed E-state index contributed by atoms with van der Waals surface area (Å²) >= 11 is 7.47. The van der Waals surface area contributed by atoms with Gasteiger partial charge in [0.1, 0.15) is 16.2 Å². The Morgan fingerprint density at radius 1 is 1.39 bits per heavy atom. The minimum atomic E-state index is -0.249. The van der Waals surface area contributed by atoms with Gasteiger partial charge in [-0.25, -0.2) is 4.98 Å². The number of amides is 1. The molecule has 0 saturated carbocycles. The van der Waals surface area contributed by atoms with Crippen LogP contribution in [0.1, 0.15) is 28.5 Å². The first-order chi connectivity index (χ1) is 11.1. The second-order valence-corrected chi connectivity index (χ2v) is 6.44. The average Bonchev–Trinajstić information content (AvgIpc) is 3.16. The Morgan fingerprint density at radius 2 is 2.17 bits per heavy atom. The standard InChI is InChI=1S/C15H14ClN5OS/c1-9(13-20-18-8-21(13)2)19-14(22)12-7-17-15(23-12)10-5-3-4-6-11(10)16/h3-9H,1-2H3,(H,19,22)/t9-/m1/s1. The van der Waals surface area contributed by atoms with E-state index in [0.29, 0.717) is 20.7 Å². The summed E-state index contributed by atoms with van der Waals surface area (Å²) in [5.41, 5.74) is 0.819. The Hall–Kier alpha value is -2.25. The van der Waals surface area contributed by atoms with Gasteiger partial charge in [-0.1, -0.05) is 29.8 Å². The van der Waals surface area contributed by atoms with Gasteiger partial charge in [-0.15, -0.1) is 21.5 Å². The predicted molar refractivity (Wildman–Crippen MR) is 89.4 cm³/mol. The van der Waals surface area contributed by atoms with E-state index >= 15 is 0 Å². The molecule has 23 heavy (non-hydrogen) atoms. The Kier molecular flexibility index (Phi) is 4.40. The number of carbonyl (C=O) groups is 1. The Labute approximate surface area is 142 Å². The Morgan fingerprint density at radius 3 is 2.87 bits per heavy atom. The van der Waals surface area contributed by atoms with E-state index < -0.39 is 0 Å². The maximum absolute atomic E-state index is 12.4. The molecule has 2 aromatic heterocycles. The average molecular weight is 348 g/mol. The molecule has 1 atom stereocenters. The molecule has 118 valence electrons. The molecule has 2 heterocycles. The molecule has 0 aliphatic rings. The number of aryl methyl sites for hydroxylation is 1. The van der Waals surface area contributed by atoms with Gasteiger partial charge in [0.15, 0.2) is 5.82 Å². The molecule has 8 heteroatoms. The van der Waals surface area contributed by atoms with Gasteiger partial charge in [-0.3, -0.25) is 4.79 Å². The van der Waals surface area contributed by atoms with Crippen LogP contribution in [0.4, 0.5) is 0 Å². The summed E-state index contributed by atoms with van der Waals surface area (Å²) in [5.74, 6) is 0.491. The van der Waals surface area contributed by atoms with Crippen LogP contribution in [0.5, 0.6) is 0 Å². The molecule has 3 rings (SSSR count). The lowest BCUT2D eigenvalue weighted by molar-refractivity contribution is 0.0941. The van der Waals surface area contributed by atoms with Gasteiger partial charge in [-0.2, -0.15) is 0 Å². The second-order valence-electron chi connectivity index (χ2n) is 5.00. The van der Waals surface area contributed by atoms with Crippen LogP contribution in [-0.2, 0) is 7.05 Å². The molecule has 1 amide bonds. The van der Waals surface area contributed by atoms with Crippen molar-refractivity contribution in [2.24, 2.45) is 7.05 Å². The summed E-state index contributed by atoms with van der Waals surface area (Å²) in [5, 5.41) is 12.0. The molecule has 0 radical (unpaired) electrons. The first-order valence-corrected chi connectivity index (χ1v) is 8.11. The van der Waals surface area contributed by atoms with Crippen molar-refractivity contribution in [1.29, 1.82) is 0 Å². The minimum Gasteiger partial charge on any atom is -0.342 e. The van der Waals surface area contributed by atoms with Gasteiger partial charge in [0, 0.05) is 12.6 Å². The monoisotopic (exact) mass is 347 g/mol. The minimum absolute atomic E-state index is 0.198. The summed E-state index contributed by atoms with van der Waals surface area (Å²) in [7, 11) is 1.83. The van der Waals surface area contributed by atoms with Crippen LogP contribution in [0.15, 0.2) is 36.8 Å². The molecular formula is C15H14ClN5OS. The largest absolute Gasteiger partial charge is 0.342 e. The summed E-state index contributed by atoms with van der Waals surface area (Å²) in [6.45, 7) is 1.86. The lowest BCUT2D eigenvalue weighted by Gasteiger charge is -2.11. The maximum Gasteiger partial charge on any atom is 0.263 e. The van der Waals surface area contributed by atoms with Crippen molar-refractivity contribution < 1.29 is 4.79 Å². The van der Waals surface area contributed by atoms with Crippen molar-refractivity contribution in [3.8, 4) is 10.6 Å². The Balaban J connectivity index is 1.77. The molecule has 6 nitrogen and oxygen atoms in total. The van der Waals surface area contributed by atoms with E-state index in [1.807, 2.05) is 32.2 Å². The summed E-state index contributed by atoms with van der Waals surface area (Å²) < 4.78 is 1.77. The van der Waals surface area contributed by atoms with E-state index in [0.717, 1.165) is 5.56 Å².